The summed E-state index contributed by atoms with van der Waals surface area (Å²) in [5.74, 6) is 0. The molecule has 0 aromatic heterocycles. The van der Waals surface area contributed by atoms with Crippen LogP contribution in [0.2, 0.25) is 0 Å². The van der Waals surface area contributed by atoms with Crippen molar-refractivity contribution in [2.45, 2.75) is 78.9 Å². The van der Waals surface area contributed by atoms with Crippen molar-refractivity contribution >= 4 is 6.09 Å². The predicted octanol–water partition coefficient (Wildman–Crippen LogP) is 4.21. The molecule has 1 amide bonds. The molecule has 0 aromatic carbocycles. The molecule has 0 spiro atoms. The number of piperidine rings is 1. The molecule has 1 atom stereocenters. The Labute approximate surface area is 112 Å². The second kappa shape index (κ2) is 5.50. The van der Waals surface area contributed by atoms with Crippen molar-refractivity contribution in [2.24, 2.45) is 5.41 Å². The van der Waals surface area contributed by atoms with Gasteiger partial charge in [0.2, 0.25) is 0 Å². The molecule has 1 saturated heterocycles. The van der Waals surface area contributed by atoms with Crippen molar-refractivity contribution in [3.05, 3.63) is 0 Å². The van der Waals surface area contributed by atoms with Crippen LogP contribution in [0.4, 0.5) is 4.79 Å². The first-order valence-electron chi connectivity index (χ1n) is 7.08. The summed E-state index contributed by atoms with van der Waals surface area (Å²) < 4.78 is 5.51. The fraction of sp³-hybridized carbons (Fsp3) is 0.933. The van der Waals surface area contributed by atoms with Crippen LogP contribution in [0.5, 0.6) is 0 Å². The van der Waals surface area contributed by atoms with Crippen LogP contribution in [0, 0.1) is 5.41 Å². The molecule has 1 fully saturated rings. The summed E-state index contributed by atoms with van der Waals surface area (Å²) in [6.07, 6.45) is 4.33. The molecule has 0 bridgehead atoms. The SMILES string of the molecule is CC(C)(C)CC1CCCCN1C(=O)OC(C)(C)C. The first-order valence-corrected chi connectivity index (χ1v) is 7.08. The van der Waals surface area contributed by atoms with Gasteiger partial charge in [-0.1, -0.05) is 20.8 Å². The highest BCUT2D eigenvalue weighted by atomic mass is 16.6. The zero-order valence-electron chi connectivity index (χ0n) is 12.9. The topological polar surface area (TPSA) is 29.5 Å². The zero-order chi connectivity index (χ0) is 14.0. The molecule has 3 heteroatoms. The van der Waals surface area contributed by atoms with Crippen molar-refractivity contribution in [3.8, 4) is 0 Å². The molecule has 1 heterocycles. The third-order valence-corrected chi connectivity index (χ3v) is 3.10. The van der Waals surface area contributed by atoms with Gasteiger partial charge in [-0.25, -0.2) is 4.79 Å². The molecule has 0 saturated carbocycles. The third-order valence-electron chi connectivity index (χ3n) is 3.10. The van der Waals surface area contributed by atoms with Crippen molar-refractivity contribution in [3.63, 3.8) is 0 Å². The van der Waals surface area contributed by atoms with E-state index in [1.165, 1.54) is 6.42 Å². The molecule has 106 valence electrons. The highest BCUT2D eigenvalue weighted by Gasteiger charge is 2.32. The Morgan fingerprint density at radius 2 is 1.78 bits per heavy atom. The Hall–Kier alpha value is -0.730. The number of hydrogen-bond donors (Lipinski definition) is 0. The second-order valence-corrected chi connectivity index (χ2v) is 7.59. The number of carbonyl (C=O) groups is 1. The largest absolute Gasteiger partial charge is 0.444 e. The van der Waals surface area contributed by atoms with E-state index in [-0.39, 0.29) is 11.5 Å². The molecular weight excluding hydrogens is 226 g/mol. The van der Waals surface area contributed by atoms with Gasteiger partial charge in [0.05, 0.1) is 0 Å². The van der Waals surface area contributed by atoms with E-state index in [0.717, 1.165) is 25.8 Å². The summed E-state index contributed by atoms with van der Waals surface area (Å²) in [6, 6.07) is 0.341. The fourth-order valence-corrected chi connectivity index (χ4v) is 2.48. The highest BCUT2D eigenvalue weighted by Crippen LogP contribution is 2.30. The van der Waals surface area contributed by atoms with Gasteiger partial charge >= 0.3 is 6.09 Å². The molecule has 18 heavy (non-hydrogen) atoms. The van der Waals surface area contributed by atoms with E-state index < -0.39 is 5.60 Å². The van der Waals surface area contributed by atoms with Gasteiger partial charge in [-0.2, -0.15) is 0 Å². The maximum Gasteiger partial charge on any atom is 0.410 e. The van der Waals surface area contributed by atoms with Gasteiger partial charge in [-0.15, -0.1) is 0 Å². The molecule has 0 N–H and O–H groups in total. The average molecular weight is 255 g/mol. The van der Waals surface area contributed by atoms with Gasteiger partial charge < -0.3 is 9.64 Å². The van der Waals surface area contributed by atoms with Gasteiger partial charge in [0.1, 0.15) is 5.60 Å². The van der Waals surface area contributed by atoms with Crippen LogP contribution < -0.4 is 0 Å². The molecule has 1 aliphatic heterocycles. The van der Waals surface area contributed by atoms with Crippen LogP contribution in [0.3, 0.4) is 0 Å². The minimum absolute atomic E-state index is 0.142. The monoisotopic (exact) mass is 255 g/mol. The molecule has 0 radical (unpaired) electrons. The average Bonchev–Trinajstić information content (AvgIpc) is 2.12. The Kier molecular flexibility index (Phi) is 4.68. The lowest BCUT2D eigenvalue weighted by atomic mass is 9.84. The van der Waals surface area contributed by atoms with Gasteiger partial charge in [0, 0.05) is 12.6 Å². The molecule has 0 aliphatic carbocycles. The van der Waals surface area contributed by atoms with Crippen LogP contribution >= 0.6 is 0 Å². The number of hydrogen-bond acceptors (Lipinski definition) is 2. The van der Waals surface area contributed by atoms with E-state index >= 15 is 0 Å². The Bertz CT molecular complexity index is 286. The quantitative estimate of drug-likeness (QED) is 0.702. The standard InChI is InChI=1S/C15H29NO2/c1-14(2,3)11-12-9-7-8-10-16(12)13(17)18-15(4,5)6/h12H,7-11H2,1-6H3. The van der Waals surface area contributed by atoms with Gasteiger partial charge in [-0.05, 0) is 51.9 Å². The fourth-order valence-electron chi connectivity index (χ4n) is 2.48. The van der Waals surface area contributed by atoms with Gasteiger partial charge in [-0.3, -0.25) is 0 Å². The van der Waals surface area contributed by atoms with Crippen molar-refractivity contribution < 1.29 is 9.53 Å². The lowest BCUT2D eigenvalue weighted by Crippen LogP contribution is -2.47. The number of rotatable bonds is 1. The maximum absolute atomic E-state index is 12.2. The van der Waals surface area contributed by atoms with E-state index in [1.54, 1.807) is 0 Å². The highest BCUT2D eigenvalue weighted by molar-refractivity contribution is 5.68. The molecule has 1 unspecified atom stereocenters. The molecule has 1 aliphatic rings. The Morgan fingerprint density at radius 1 is 1.17 bits per heavy atom. The van der Waals surface area contributed by atoms with Crippen LogP contribution in [0.25, 0.3) is 0 Å². The summed E-state index contributed by atoms with van der Waals surface area (Å²) in [5.41, 5.74) is -0.150. The van der Waals surface area contributed by atoms with Gasteiger partial charge in [0.25, 0.3) is 0 Å². The number of ether oxygens (including phenoxy) is 1. The second-order valence-electron chi connectivity index (χ2n) is 7.59. The maximum atomic E-state index is 12.2. The number of nitrogens with zero attached hydrogens (tertiary/aromatic N) is 1. The number of carbonyl (C=O) groups excluding carboxylic acids is 1. The predicted molar refractivity (Wildman–Crippen MR) is 74.7 cm³/mol. The van der Waals surface area contributed by atoms with Crippen LogP contribution in [0.1, 0.15) is 67.2 Å². The minimum atomic E-state index is -0.402. The first-order chi connectivity index (χ1) is 8.08. The third kappa shape index (κ3) is 5.28. The van der Waals surface area contributed by atoms with Crippen molar-refractivity contribution in [2.75, 3.05) is 6.54 Å². The molecule has 3 nitrogen and oxygen atoms in total. The van der Waals surface area contributed by atoms with Crippen LogP contribution in [-0.2, 0) is 4.74 Å². The van der Waals surface area contributed by atoms with Crippen LogP contribution in [0.15, 0.2) is 0 Å². The van der Waals surface area contributed by atoms with Crippen molar-refractivity contribution in [1.82, 2.24) is 4.90 Å². The first kappa shape index (κ1) is 15.3. The van der Waals surface area contributed by atoms with Crippen LogP contribution in [-0.4, -0.2) is 29.2 Å². The smallest absolute Gasteiger partial charge is 0.410 e. The lowest BCUT2D eigenvalue weighted by molar-refractivity contribution is 0.00495. The number of likely N-dealkylation sites (tertiary alicyclic amines) is 1. The Morgan fingerprint density at radius 3 is 2.28 bits per heavy atom. The Balaban J connectivity index is 2.67. The van der Waals surface area contributed by atoms with E-state index in [0.29, 0.717) is 6.04 Å². The minimum Gasteiger partial charge on any atom is -0.444 e. The molecular formula is C15H29NO2. The van der Waals surface area contributed by atoms with E-state index in [1.807, 2.05) is 25.7 Å². The summed E-state index contributed by atoms with van der Waals surface area (Å²) in [7, 11) is 0. The van der Waals surface area contributed by atoms with E-state index in [2.05, 4.69) is 20.8 Å². The summed E-state index contributed by atoms with van der Waals surface area (Å²) in [6.45, 7) is 13.3. The van der Waals surface area contributed by atoms with E-state index in [9.17, 15) is 4.79 Å². The van der Waals surface area contributed by atoms with Gasteiger partial charge in [0.15, 0.2) is 0 Å². The number of amides is 1. The normalized spacial score (nSPS) is 21.9. The van der Waals surface area contributed by atoms with Crippen molar-refractivity contribution in [1.29, 1.82) is 0 Å². The summed E-state index contributed by atoms with van der Waals surface area (Å²) in [5, 5.41) is 0. The lowest BCUT2D eigenvalue weighted by Gasteiger charge is -2.39. The zero-order valence-corrected chi connectivity index (χ0v) is 12.9. The summed E-state index contributed by atoms with van der Waals surface area (Å²) >= 11 is 0. The summed E-state index contributed by atoms with van der Waals surface area (Å²) in [4.78, 5) is 14.2. The molecule has 1 rings (SSSR count). The van der Waals surface area contributed by atoms with E-state index in [4.69, 9.17) is 4.74 Å². The molecule has 0 aromatic rings.